The number of nitrogens with zero attached hydrogens (tertiary/aromatic N) is 3. The van der Waals surface area contributed by atoms with Crippen LogP contribution in [-0.2, 0) is 9.84 Å². The first kappa shape index (κ1) is 24.2. The SMILES string of the molecule is CCOc1ccc2nc(N(CCCN(C)C)C(=O)c3cccc(S(=O)(=O)CC)c3)sc2c1. The Balaban J connectivity index is 1.98. The summed E-state index contributed by atoms with van der Waals surface area (Å²) in [5, 5.41) is 0.584. The van der Waals surface area contributed by atoms with Gasteiger partial charge in [0, 0.05) is 12.1 Å². The zero-order valence-electron chi connectivity index (χ0n) is 18.9. The molecule has 3 rings (SSSR count). The lowest BCUT2D eigenvalue weighted by Crippen LogP contribution is -2.33. The number of rotatable bonds is 10. The zero-order chi connectivity index (χ0) is 23.3. The molecule has 0 saturated heterocycles. The number of benzene rings is 2. The molecule has 0 saturated carbocycles. The summed E-state index contributed by atoms with van der Waals surface area (Å²) in [6.45, 7) is 5.38. The number of hydrogen-bond donors (Lipinski definition) is 0. The van der Waals surface area contributed by atoms with Crippen LogP contribution < -0.4 is 9.64 Å². The van der Waals surface area contributed by atoms with Crippen molar-refractivity contribution in [1.29, 1.82) is 0 Å². The van der Waals surface area contributed by atoms with E-state index in [1.807, 2.05) is 39.2 Å². The Morgan fingerprint density at radius 1 is 1.09 bits per heavy atom. The third-order valence-electron chi connectivity index (χ3n) is 4.94. The number of sulfone groups is 1. The van der Waals surface area contributed by atoms with Crippen molar-refractivity contribution in [3.8, 4) is 5.75 Å². The molecular weight excluding hydrogens is 446 g/mol. The molecule has 2 aromatic carbocycles. The first-order valence-corrected chi connectivity index (χ1v) is 13.0. The van der Waals surface area contributed by atoms with Gasteiger partial charge in [-0.25, -0.2) is 13.4 Å². The Morgan fingerprint density at radius 3 is 2.56 bits per heavy atom. The minimum absolute atomic E-state index is 0.0166. The standard InChI is InChI=1S/C23H29N3O4S2/c1-5-30-18-11-12-20-21(16-18)31-23(24-20)26(14-8-13-25(3)4)22(27)17-9-7-10-19(15-17)32(28,29)6-2/h7,9-12,15-16H,5-6,8,13-14H2,1-4H3. The molecule has 172 valence electrons. The number of hydrogen-bond acceptors (Lipinski definition) is 7. The smallest absolute Gasteiger partial charge is 0.260 e. The molecule has 0 spiro atoms. The van der Waals surface area contributed by atoms with Gasteiger partial charge in [0.2, 0.25) is 0 Å². The first-order valence-electron chi connectivity index (χ1n) is 10.6. The van der Waals surface area contributed by atoms with Crippen molar-refractivity contribution >= 4 is 42.4 Å². The summed E-state index contributed by atoms with van der Waals surface area (Å²) in [6.07, 6.45) is 0.756. The number of carbonyl (C=O) groups excluding carboxylic acids is 1. The van der Waals surface area contributed by atoms with Gasteiger partial charge in [-0.05, 0) is 70.4 Å². The monoisotopic (exact) mass is 475 g/mol. The molecule has 0 atom stereocenters. The maximum absolute atomic E-state index is 13.5. The van der Waals surface area contributed by atoms with Crippen LogP contribution in [0.25, 0.3) is 10.2 Å². The van der Waals surface area contributed by atoms with Gasteiger partial charge in [0.1, 0.15) is 5.75 Å². The molecule has 0 radical (unpaired) electrons. The van der Waals surface area contributed by atoms with Gasteiger partial charge >= 0.3 is 0 Å². The number of fused-ring (bicyclic) bond motifs is 1. The van der Waals surface area contributed by atoms with E-state index in [2.05, 4.69) is 9.88 Å². The quantitative estimate of drug-likeness (QED) is 0.439. The molecule has 32 heavy (non-hydrogen) atoms. The summed E-state index contributed by atoms with van der Waals surface area (Å²) >= 11 is 1.42. The second-order valence-corrected chi connectivity index (χ2v) is 10.9. The third-order valence-corrected chi connectivity index (χ3v) is 7.72. The highest BCUT2D eigenvalue weighted by molar-refractivity contribution is 7.91. The van der Waals surface area contributed by atoms with Crippen LogP contribution in [0.5, 0.6) is 5.75 Å². The van der Waals surface area contributed by atoms with E-state index < -0.39 is 9.84 Å². The minimum Gasteiger partial charge on any atom is -0.494 e. The largest absolute Gasteiger partial charge is 0.494 e. The average Bonchev–Trinajstić information content (AvgIpc) is 3.19. The molecule has 1 aromatic heterocycles. The Labute approximate surface area is 193 Å². The lowest BCUT2D eigenvalue weighted by molar-refractivity contribution is 0.0986. The number of carbonyl (C=O) groups is 1. The summed E-state index contributed by atoms with van der Waals surface area (Å²) in [4.78, 5) is 22.0. The van der Waals surface area contributed by atoms with Crippen molar-refractivity contribution in [2.75, 3.05) is 44.4 Å². The first-order chi connectivity index (χ1) is 15.2. The second-order valence-electron chi connectivity index (χ2n) is 7.60. The van der Waals surface area contributed by atoms with Crippen LogP contribution in [0.15, 0.2) is 47.4 Å². The molecule has 0 N–H and O–H groups in total. The summed E-state index contributed by atoms with van der Waals surface area (Å²) in [7, 11) is 0.561. The fourth-order valence-corrected chi connectivity index (χ4v) is 5.18. The predicted molar refractivity (Wildman–Crippen MR) is 130 cm³/mol. The van der Waals surface area contributed by atoms with Gasteiger partial charge in [0.05, 0.1) is 27.5 Å². The highest BCUT2D eigenvalue weighted by atomic mass is 32.2. The van der Waals surface area contributed by atoms with Crippen molar-refractivity contribution < 1.29 is 17.9 Å². The second kappa shape index (κ2) is 10.4. The average molecular weight is 476 g/mol. The number of ether oxygens (including phenoxy) is 1. The van der Waals surface area contributed by atoms with Crippen molar-refractivity contribution in [2.45, 2.75) is 25.2 Å². The van der Waals surface area contributed by atoms with Gasteiger partial charge in [-0.15, -0.1) is 0 Å². The number of amides is 1. The van der Waals surface area contributed by atoms with Crippen LogP contribution in [0.4, 0.5) is 5.13 Å². The predicted octanol–water partition coefficient (Wildman–Crippen LogP) is 4.09. The topological polar surface area (TPSA) is 79.8 Å². The highest BCUT2D eigenvalue weighted by Gasteiger charge is 2.23. The fourth-order valence-electron chi connectivity index (χ4n) is 3.24. The molecule has 9 heteroatoms. The van der Waals surface area contributed by atoms with Crippen LogP contribution >= 0.6 is 11.3 Å². The van der Waals surface area contributed by atoms with E-state index in [0.717, 1.165) is 28.9 Å². The van der Waals surface area contributed by atoms with Crippen LogP contribution in [0.2, 0.25) is 0 Å². The van der Waals surface area contributed by atoms with Crippen molar-refractivity contribution in [3.05, 3.63) is 48.0 Å². The number of thiazole rings is 1. The summed E-state index contributed by atoms with van der Waals surface area (Å²) in [6, 6.07) is 11.9. The Bertz CT molecular complexity index is 1190. The normalized spacial score (nSPS) is 11.8. The van der Waals surface area contributed by atoms with E-state index in [-0.39, 0.29) is 16.6 Å². The molecule has 7 nitrogen and oxygen atoms in total. The fraction of sp³-hybridized carbons (Fsp3) is 0.391. The molecule has 0 aliphatic carbocycles. The van der Waals surface area contributed by atoms with Gasteiger partial charge in [-0.3, -0.25) is 9.69 Å². The molecule has 0 bridgehead atoms. The van der Waals surface area contributed by atoms with Crippen LogP contribution in [-0.4, -0.2) is 63.8 Å². The maximum Gasteiger partial charge on any atom is 0.260 e. The summed E-state index contributed by atoms with van der Waals surface area (Å²) in [5.41, 5.74) is 1.12. The molecule has 3 aromatic rings. The van der Waals surface area contributed by atoms with E-state index >= 15 is 0 Å². The molecule has 0 aliphatic rings. The van der Waals surface area contributed by atoms with E-state index in [9.17, 15) is 13.2 Å². The summed E-state index contributed by atoms with van der Waals surface area (Å²) in [5.74, 6) is 0.483. The highest BCUT2D eigenvalue weighted by Crippen LogP contribution is 2.32. The van der Waals surface area contributed by atoms with E-state index in [1.165, 1.54) is 23.5 Å². The van der Waals surface area contributed by atoms with Crippen molar-refractivity contribution in [3.63, 3.8) is 0 Å². The van der Waals surface area contributed by atoms with E-state index in [0.29, 0.717) is 23.8 Å². The Hall–Kier alpha value is -2.49. The number of anilines is 1. The van der Waals surface area contributed by atoms with Gasteiger partial charge in [0.15, 0.2) is 15.0 Å². The van der Waals surface area contributed by atoms with Crippen molar-refractivity contribution in [2.24, 2.45) is 0 Å². The maximum atomic E-state index is 13.5. The molecule has 0 aliphatic heterocycles. The Morgan fingerprint density at radius 2 is 1.88 bits per heavy atom. The lowest BCUT2D eigenvalue weighted by atomic mass is 10.2. The Kier molecular flexibility index (Phi) is 7.86. The molecule has 1 amide bonds. The van der Waals surface area contributed by atoms with Crippen molar-refractivity contribution in [1.82, 2.24) is 9.88 Å². The van der Waals surface area contributed by atoms with Crippen LogP contribution in [0.1, 0.15) is 30.6 Å². The van der Waals surface area contributed by atoms with Crippen LogP contribution in [0, 0.1) is 0 Å². The van der Waals surface area contributed by atoms with E-state index in [1.54, 1.807) is 24.0 Å². The summed E-state index contributed by atoms with van der Waals surface area (Å²) < 4.78 is 31.1. The van der Waals surface area contributed by atoms with Gasteiger partial charge in [0.25, 0.3) is 5.91 Å². The van der Waals surface area contributed by atoms with Gasteiger partial charge in [-0.2, -0.15) is 0 Å². The zero-order valence-corrected chi connectivity index (χ0v) is 20.5. The number of aromatic nitrogens is 1. The minimum atomic E-state index is -3.41. The lowest BCUT2D eigenvalue weighted by Gasteiger charge is -2.21. The molecule has 0 unspecified atom stereocenters. The van der Waals surface area contributed by atoms with Crippen LogP contribution in [0.3, 0.4) is 0 Å². The third kappa shape index (κ3) is 5.65. The van der Waals surface area contributed by atoms with E-state index in [4.69, 9.17) is 4.74 Å². The van der Waals surface area contributed by atoms with Gasteiger partial charge < -0.3 is 9.64 Å². The molecule has 0 fully saturated rings. The molecule has 1 heterocycles. The van der Waals surface area contributed by atoms with Gasteiger partial charge in [-0.1, -0.05) is 24.3 Å². The molecular formula is C23H29N3O4S2.